The van der Waals surface area contributed by atoms with Gasteiger partial charge in [0.2, 0.25) is 0 Å². The molecule has 2 aromatic heterocycles. The van der Waals surface area contributed by atoms with Crippen LogP contribution in [-0.2, 0) is 0 Å². The highest BCUT2D eigenvalue weighted by Gasteiger charge is 2.13. The molecular weight excluding hydrogens is 284 g/mol. The predicted octanol–water partition coefficient (Wildman–Crippen LogP) is 4.80. The quantitative estimate of drug-likeness (QED) is 0.415. The van der Waals surface area contributed by atoms with Gasteiger partial charge < -0.3 is 4.74 Å². The highest BCUT2D eigenvalue weighted by atomic mass is 16.5. The van der Waals surface area contributed by atoms with Crippen molar-refractivity contribution >= 4 is 38.4 Å². The lowest BCUT2D eigenvalue weighted by molar-refractivity contribution is 0.415. The zero-order valence-corrected chi connectivity index (χ0v) is 12.7. The molecule has 0 saturated heterocycles. The van der Waals surface area contributed by atoms with Crippen LogP contribution >= 0.6 is 0 Å². The maximum Gasteiger partial charge on any atom is 0.146 e. The van der Waals surface area contributed by atoms with E-state index in [9.17, 15) is 0 Å². The summed E-state index contributed by atoms with van der Waals surface area (Å²) in [5, 5.41) is 3.53. The van der Waals surface area contributed by atoms with Crippen molar-refractivity contribution in [3.05, 3.63) is 66.7 Å². The van der Waals surface area contributed by atoms with Crippen molar-refractivity contribution < 1.29 is 4.74 Å². The largest absolute Gasteiger partial charge is 0.497 e. The van der Waals surface area contributed by atoms with Crippen molar-refractivity contribution in [1.82, 2.24) is 9.38 Å². The molecule has 0 unspecified atom stereocenters. The average molecular weight is 298 g/mol. The molecule has 110 valence electrons. The van der Waals surface area contributed by atoms with Gasteiger partial charge in [-0.05, 0) is 41.8 Å². The van der Waals surface area contributed by atoms with Gasteiger partial charge in [0.05, 0.1) is 23.7 Å². The number of para-hydroxylation sites is 3. The molecule has 0 N–H and O–H groups in total. The fourth-order valence-electron chi connectivity index (χ4n) is 3.42. The smallest absolute Gasteiger partial charge is 0.146 e. The summed E-state index contributed by atoms with van der Waals surface area (Å²) in [4.78, 5) is 4.88. The van der Waals surface area contributed by atoms with Crippen molar-refractivity contribution in [2.24, 2.45) is 0 Å². The number of benzene rings is 3. The minimum absolute atomic E-state index is 0.849. The molecule has 5 aromatic rings. The van der Waals surface area contributed by atoms with E-state index in [0.717, 1.165) is 27.8 Å². The van der Waals surface area contributed by atoms with Crippen molar-refractivity contribution in [2.45, 2.75) is 0 Å². The first kappa shape index (κ1) is 12.5. The number of hydrogen-bond donors (Lipinski definition) is 0. The van der Waals surface area contributed by atoms with Gasteiger partial charge in [0.15, 0.2) is 0 Å². The van der Waals surface area contributed by atoms with E-state index in [0.29, 0.717) is 0 Å². The van der Waals surface area contributed by atoms with Crippen molar-refractivity contribution in [3.8, 4) is 5.75 Å². The fraction of sp³-hybridized carbons (Fsp3) is 0.0500. The number of hydrogen-bond acceptors (Lipinski definition) is 2. The topological polar surface area (TPSA) is 26.5 Å². The second kappa shape index (κ2) is 4.46. The Morgan fingerprint density at radius 1 is 0.783 bits per heavy atom. The predicted molar refractivity (Wildman–Crippen MR) is 94.3 cm³/mol. The Bertz CT molecular complexity index is 1200. The summed E-state index contributed by atoms with van der Waals surface area (Å²) in [5.41, 5.74) is 4.28. The number of nitrogens with zero attached hydrogens (tertiary/aromatic N) is 2. The van der Waals surface area contributed by atoms with Gasteiger partial charge in [-0.3, -0.25) is 4.40 Å². The van der Waals surface area contributed by atoms with E-state index in [1.54, 1.807) is 7.11 Å². The monoisotopic (exact) mass is 298 g/mol. The van der Waals surface area contributed by atoms with Crippen molar-refractivity contribution in [2.75, 3.05) is 7.11 Å². The molecule has 0 atom stereocenters. The molecule has 5 rings (SSSR count). The first-order chi connectivity index (χ1) is 11.4. The van der Waals surface area contributed by atoms with Gasteiger partial charge in [-0.2, -0.15) is 0 Å². The standard InChI is InChI=1S/C20H14N2O/c1-23-13-10-11-14-15-6-2-4-8-18(15)22-19-9-5-3-7-17(19)21-20(22)16(14)12-13/h2-12H,1H3. The molecule has 0 radical (unpaired) electrons. The van der Waals surface area contributed by atoms with Gasteiger partial charge in [0, 0.05) is 10.8 Å². The van der Waals surface area contributed by atoms with Gasteiger partial charge in [0.25, 0.3) is 0 Å². The Labute approximate surface area is 132 Å². The van der Waals surface area contributed by atoms with Gasteiger partial charge in [-0.1, -0.05) is 30.3 Å². The van der Waals surface area contributed by atoms with Gasteiger partial charge in [-0.15, -0.1) is 0 Å². The molecule has 0 saturated carbocycles. The molecule has 0 amide bonds. The fourth-order valence-corrected chi connectivity index (χ4v) is 3.42. The summed E-state index contributed by atoms with van der Waals surface area (Å²) < 4.78 is 7.66. The van der Waals surface area contributed by atoms with Gasteiger partial charge in [0.1, 0.15) is 11.4 Å². The first-order valence-corrected chi connectivity index (χ1v) is 7.62. The lowest BCUT2D eigenvalue weighted by Gasteiger charge is -2.10. The molecule has 3 nitrogen and oxygen atoms in total. The third-order valence-electron chi connectivity index (χ3n) is 4.46. The average Bonchev–Trinajstić information content (AvgIpc) is 3.01. The molecule has 0 spiro atoms. The number of ether oxygens (including phenoxy) is 1. The Balaban J connectivity index is 2.17. The minimum Gasteiger partial charge on any atom is -0.497 e. The van der Waals surface area contributed by atoms with E-state index in [1.807, 2.05) is 12.1 Å². The maximum atomic E-state index is 5.42. The summed E-state index contributed by atoms with van der Waals surface area (Å²) in [6.07, 6.45) is 0. The van der Waals surface area contributed by atoms with Crippen LogP contribution in [0.3, 0.4) is 0 Å². The molecule has 2 heterocycles. The second-order valence-electron chi connectivity index (χ2n) is 5.69. The number of aromatic nitrogens is 2. The van der Waals surface area contributed by atoms with Crippen LogP contribution in [0.1, 0.15) is 0 Å². The zero-order chi connectivity index (χ0) is 15.4. The second-order valence-corrected chi connectivity index (χ2v) is 5.69. The number of imidazole rings is 1. The molecule has 3 heteroatoms. The van der Waals surface area contributed by atoms with Crippen LogP contribution < -0.4 is 4.74 Å². The summed E-state index contributed by atoms with van der Waals surface area (Å²) in [5.74, 6) is 0.849. The minimum atomic E-state index is 0.849. The third kappa shape index (κ3) is 1.62. The van der Waals surface area contributed by atoms with Crippen LogP contribution in [0.15, 0.2) is 66.7 Å². The molecule has 0 aliphatic heterocycles. The Morgan fingerprint density at radius 2 is 1.57 bits per heavy atom. The van der Waals surface area contributed by atoms with E-state index >= 15 is 0 Å². The lowest BCUT2D eigenvalue weighted by Crippen LogP contribution is -1.92. The Morgan fingerprint density at radius 3 is 2.43 bits per heavy atom. The number of methoxy groups -OCH3 is 1. The summed E-state index contributed by atoms with van der Waals surface area (Å²) >= 11 is 0. The molecular formula is C20H14N2O. The molecule has 0 fully saturated rings. The van der Waals surface area contributed by atoms with Crippen LogP contribution in [0.2, 0.25) is 0 Å². The van der Waals surface area contributed by atoms with Gasteiger partial charge in [-0.25, -0.2) is 4.98 Å². The van der Waals surface area contributed by atoms with Crippen LogP contribution in [0.25, 0.3) is 38.4 Å². The van der Waals surface area contributed by atoms with Crippen LogP contribution in [0.4, 0.5) is 0 Å². The molecule has 0 bridgehead atoms. The lowest BCUT2D eigenvalue weighted by atomic mass is 10.1. The number of pyridine rings is 1. The van der Waals surface area contributed by atoms with E-state index in [1.165, 1.54) is 16.3 Å². The molecule has 3 aromatic carbocycles. The van der Waals surface area contributed by atoms with E-state index in [-0.39, 0.29) is 0 Å². The normalized spacial score (nSPS) is 11.7. The molecule has 0 aliphatic carbocycles. The molecule has 0 aliphatic rings. The summed E-state index contributed by atoms with van der Waals surface area (Å²) in [6.45, 7) is 0. The Hall–Kier alpha value is -3.07. The first-order valence-electron chi connectivity index (χ1n) is 7.62. The highest BCUT2D eigenvalue weighted by molar-refractivity contribution is 6.14. The third-order valence-corrected chi connectivity index (χ3v) is 4.46. The zero-order valence-electron chi connectivity index (χ0n) is 12.7. The van der Waals surface area contributed by atoms with E-state index in [4.69, 9.17) is 9.72 Å². The van der Waals surface area contributed by atoms with Crippen molar-refractivity contribution in [3.63, 3.8) is 0 Å². The molecule has 23 heavy (non-hydrogen) atoms. The van der Waals surface area contributed by atoms with Crippen LogP contribution in [0, 0.1) is 0 Å². The van der Waals surface area contributed by atoms with Crippen molar-refractivity contribution in [1.29, 1.82) is 0 Å². The van der Waals surface area contributed by atoms with Crippen LogP contribution in [-0.4, -0.2) is 16.5 Å². The highest BCUT2D eigenvalue weighted by Crippen LogP contribution is 2.33. The summed E-state index contributed by atoms with van der Waals surface area (Å²) in [6, 6.07) is 22.9. The van der Waals surface area contributed by atoms with Crippen LogP contribution in [0.5, 0.6) is 5.75 Å². The van der Waals surface area contributed by atoms with E-state index < -0.39 is 0 Å². The number of rotatable bonds is 1. The van der Waals surface area contributed by atoms with E-state index in [2.05, 4.69) is 59.0 Å². The maximum absolute atomic E-state index is 5.42. The van der Waals surface area contributed by atoms with Gasteiger partial charge >= 0.3 is 0 Å². The summed E-state index contributed by atoms with van der Waals surface area (Å²) in [7, 11) is 1.70. The SMILES string of the molecule is COc1ccc2c3ccccc3n3c4ccccc4nc3c2c1. The number of fused-ring (bicyclic) bond motifs is 8. The Kier molecular flexibility index (Phi) is 2.42.